The Hall–Kier alpha value is -2.74. The maximum Gasteiger partial charge on any atom is 0.341 e. The summed E-state index contributed by atoms with van der Waals surface area (Å²) in [4.78, 5) is 36.1. The first-order valence-corrected chi connectivity index (χ1v) is 8.70. The zero-order chi connectivity index (χ0) is 18.0. The van der Waals surface area contributed by atoms with Crippen molar-refractivity contribution < 1.29 is 19.2 Å². The number of nitrogens with one attached hydrogen (secondary N) is 1. The fourth-order valence-corrected chi connectivity index (χ4v) is 4.12. The smallest absolute Gasteiger partial charge is 0.341 e. The summed E-state index contributed by atoms with van der Waals surface area (Å²) in [5.41, 5.74) is 1.36. The molecule has 1 heterocycles. The fraction of sp³-hybridized carbons (Fsp3) is 0.294. The van der Waals surface area contributed by atoms with Gasteiger partial charge in [0, 0.05) is 22.6 Å². The Balaban J connectivity index is 1.90. The second kappa shape index (κ2) is 7.02. The van der Waals surface area contributed by atoms with Crippen molar-refractivity contribution >= 4 is 33.9 Å². The van der Waals surface area contributed by atoms with Gasteiger partial charge in [0.2, 0.25) is 0 Å². The second-order valence-electron chi connectivity index (χ2n) is 5.54. The number of aryl methyl sites for hydroxylation is 1. The molecule has 1 aliphatic carbocycles. The van der Waals surface area contributed by atoms with Crippen molar-refractivity contribution in [1.82, 2.24) is 0 Å². The third-order valence-electron chi connectivity index (χ3n) is 3.95. The van der Waals surface area contributed by atoms with Crippen molar-refractivity contribution in [1.29, 1.82) is 0 Å². The van der Waals surface area contributed by atoms with Crippen LogP contribution in [0.2, 0.25) is 0 Å². The number of esters is 1. The number of benzene rings is 1. The number of fused-ring (bicyclic) bond motifs is 1. The molecule has 1 N–H and O–H groups in total. The number of ether oxygens (including phenoxy) is 1. The van der Waals surface area contributed by atoms with Gasteiger partial charge in [-0.2, -0.15) is 0 Å². The number of carbonyl (C=O) groups excluding carboxylic acids is 2. The van der Waals surface area contributed by atoms with Gasteiger partial charge < -0.3 is 10.1 Å². The molecule has 8 heteroatoms. The molecule has 0 saturated heterocycles. The van der Waals surface area contributed by atoms with E-state index in [1.165, 1.54) is 35.6 Å². The number of nitrogens with zero attached hydrogens (tertiary/aromatic N) is 1. The maximum atomic E-state index is 12.5. The van der Waals surface area contributed by atoms with E-state index in [9.17, 15) is 19.7 Å². The number of nitro benzene ring substituents is 1. The number of hydrogen-bond donors (Lipinski definition) is 1. The predicted molar refractivity (Wildman–Crippen MR) is 93.4 cm³/mol. The minimum atomic E-state index is -0.555. The van der Waals surface area contributed by atoms with Crippen molar-refractivity contribution in [3.8, 4) is 0 Å². The Morgan fingerprint density at radius 3 is 2.88 bits per heavy atom. The summed E-state index contributed by atoms with van der Waals surface area (Å²) in [7, 11) is 0. The van der Waals surface area contributed by atoms with Crippen molar-refractivity contribution in [3.63, 3.8) is 0 Å². The zero-order valence-corrected chi connectivity index (χ0v) is 14.4. The molecule has 0 saturated carbocycles. The normalized spacial score (nSPS) is 12.5. The average molecular weight is 360 g/mol. The van der Waals surface area contributed by atoms with Crippen molar-refractivity contribution in [3.05, 3.63) is 55.9 Å². The fourth-order valence-electron chi connectivity index (χ4n) is 2.85. The monoisotopic (exact) mass is 360 g/mol. The van der Waals surface area contributed by atoms with E-state index in [1.807, 2.05) is 0 Å². The number of thiophene rings is 1. The molecule has 0 unspecified atom stereocenters. The highest BCUT2D eigenvalue weighted by Gasteiger charge is 2.28. The minimum Gasteiger partial charge on any atom is -0.462 e. The maximum absolute atomic E-state index is 12.5. The van der Waals surface area contributed by atoms with Crippen molar-refractivity contribution in [2.24, 2.45) is 0 Å². The molecule has 0 radical (unpaired) electrons. The van der Waals surface area contributed by atoms with Crippen LogP contribution in [0.1, 0.15) is 44.5 Å². The van der Waals surface area contributed by atoms with E-state index >= 15 is 0 Å². The van der Waals surface area contributed by atoms with E-state index in [0.717, 1.165) is 29.7 Å². The summed E-state index contributed by atoms with van der Waals surface area (Å²) >= 11 is 1.37. The number of non-ortho nitro benzene ring substituents is 1. The quantitative estimate of drug-likeness (QED) is 0.499. The molecule has 0 spiro atoms. The highest BCUT2D eigenvalue weighted by atomic mass is 32.1. The zero-order valence-electron chi connectivity index (χ0n) is 13.5. The SMILES string of the molecule is CCOC(=O)c1c(NC(=O)c2cccc([N+](=O)[O-])c2)sc2c1CCC2. The Bertz CT molecular complexity index is 859. The molecule has 1 aliphatic rings. The van der Waals surface area contributed by atoms with E-state index < -0.39 is 16.8 Å². The number of rotatable bonds is 5. The van der Waals surface area contributed by atoms with Crippen LogP contribution in [0.5, 0.6) is 0 Å². The highest BCUT2D eigenvalue weighted by molar-refractivity contribution is 7.17. The second-order valence-corrected chi connectivity index (χ2v) is 6.65. The third kappa shape index (κ3) is 3.39. The molecule has 0 atom stereocenters. The molecular formula is C17H16N2O5S. The summed E-state index contributed by atoms with van der Waals surface area (Å²) in [6, 6.07) is 5.47. The molecule has 2 aromatic rings. The van der Waals surface area contributed by atoms with Crippen LogP contribution in [0.4, 0.5) is 10.7 Å². The number of hydrogen-bond acceptors (Lipinski definition) is 6. The topological polar surface area (TPSA) is 98.5 Å². The van der Waals surface area contributed by atoms with Gasteiger partial charge in [-0.05, 0) is 37.8 Å². The number of anilines is 1. The average Bonchev–Trinajstić information content (AvgIpc) is 3.15. The van der Waals surface area contributed by atoms with Gasteiger partial charge in [-0.25, -0.2) is 4.79 Å². The molecule has 7 nitrogen and oxygen atoms in total. The Kier molecular flexibility index (Phi) is 4.80. The van der Waals surface area contributed by atoms with Crippen LogP contribution >= 0.6 is 11.3 Å². The van der Waals surface area contributed by atoms with Gasteiger partial charge in [-0.15, -0.1) is 11.3 Å². The molecule has 130 valence electrons. The largest absolute Gasteiger partial charge is 0.462 e. The summed E-state index contributed by atoms with van der Waals surface area (Å²) < 4.78 is 5.12. The van der Waals surface area contributed by atoms with E-state index in [-0.39, 0.29) is 17.9 Å². The number of carbonyl (C=O) groups is 2. The molecule has 0 aliphatic heterocycles. The van der Waals surface area contributed by atoms with Crippen LogP contribution in [0, 0.1) is 10.1 Å². The van der Waals surface area contributed by atoms with Gasteiger partial charge in [0.1, 0.15) is 5.00 Å². The molecule has 1 amide bonds. The summed E-state index contributed by atoms with van der Waals surface area (Å²) in [6.07, 6.45) is 2.64. The molecule has 3 rings (SSSR count). The lowest BCUT2D eigenvalue weighted by atomic mass is 10.1. The lowest BCUT2D eigenvalue weighted by Gasteiger charge is -2.08. The van der Waals surface area contributed by atoms with E-state index in [0.29, 0.717) is 10.6 Å². The summed E-state index contributed by atoms with van der Waals surface area (Å²) in [5.74, 6) is -0.939. The third-order valence-corrected chi connectivity index (χ3v) is 5.15. The van der Waals surface area contributed by atoms with Crippen LogP contribution in [0.3, 0.4) is 0 Å². The van der Waals surface area contributed by atoms with Gasteiger partial charge in [-0.1, -0.05) is 6.07 Å². The van der Waals surface area contributed by atoms with Crippen LogP contribution in [-0.4, -0.2) is 23.4 Å². The van der Waals surface area contributed by atoms with Gasteiger partial charge >= 0.3 is 5.97 Å². The Morgan fingerprint density at radius 1 is 1.36 bits per heavy atom. The van der Waals surface area contributed by atoms with Gasteiger partial charge in [0.05, 0.1) is 17.1 Å². The van der Waals surface area contributed by atoms with Crippen LogP contribution in [-0.2, 0) is 17.6 Å². The van der Waals surface area contributed by atoms with Crippen molar-refractivity contribution in [2.45, 2.75) is 26.2 Å². The predicted octanol–water partition coefficient (Wildman–Crippen LogP) is 3.57. The van der Waals surface area contributed by atoms with E-state index in [1.54, 1.807) is 6.92 Å². The lowest BCUT2D eigenvalue weighted by Crippen LogP contribution is -2.15. The first kappa shape index (κ1) is 17.1. The molecule has 0 bridgehead atoms. The first-order chi connectivity index (χ1) is 12.0. The molecular weight excluding hydrogens is 344 g/mol. The first-order valence-electron chi connectivity index (χ1n) is 7.88. The van der Waals surface area contributed by atoms with Crippen LogP contribution in [0.25, 0.3) is 0 Å². The van der Waals surface area contributed by atoms with Crippen LogP contribution < -0.4 is 5.32 Å². The molecule has 1 aromatic carbocycles. The van der Waals surface area contributed by atoms with Gasteiger partial charge in [-0.3, -0.25) is 14.9 Å². The van der Waals surface area contributed by atoms with Crippen LogP contribution in [0.15, 0.2) is 24.3 Å². The minimum absolute atomic E-state index is 0.160. The van der Waals surface area contributed by atoms with Gasteiger partial charge in [0.25, 0.3) is 11.6 Å². The summed E-state index contributed by atoms with van der Waals surface area (Å²) in [5, 5.41) is 14.0. The highest BCUT2D eigenvalue weighted by Crippen LogP contribution is 2.39. The number of nitro groups is 1. The van der Waals surface area contributed by atoms with Gasteiger partial charge in [0.15, 0.2) is 0 Å². The standard InChI is InChI=1S/C17H16N2O5S/c1-2-24-17(21)14-12-7-4-8-13(12)25-16(14)18-15(20)10-5-3-6-11(9-10)19(22)23/h3,5-6,9H,2,4,7-8H2,1H3,(H,18,20). The Morgan fingerprint density at radius 2 is 2.16 bits per heavy atom. The van der Waals surface area contributed by atoms with Crippen molar-refractivity contribution in [2.75, 3.05) is 11.9 Å². The molecule has 25 heavy (non-hydrogen) atoms. The summed E-state index contributed by atoms with van der Waals surface area (Å²) in [6.45, 7) is 1.98. The number of amides is 1. The van der Waals surface area contributed by atoms with E-state index in [4.69, 9.17) is 4.74 Å². The molecule has 0 fully saturated rings. The Labute approximate surface area is 147 Å². The lowest BCUT2D eigenvalue weighted by molar-refractivity contribution is -0.384. The molecule has 1 aromatic heterocycles. The van der Waals surface area contributed by atoms with E-state index in [2.05, 4.69) is 5.32 Å².